The fraction of sp³-hybridized carbons (Fsp3) is 0.667. The number of carbonyl (C=O) groups excluding carboxylic acids is 3. The Morgan fingerprint density at radius 2 is 1.76 bits per heavy atom. The minimum absolute atomic E-state index is 0.146. The number of hydrogen-bond donors (Lipinski definition) is 9. The zero-order valence-electron chi connectivity index (χ0n) is 13.6. The second-order valence-corrected chi connectivity index (χ2v) is 5.20. The maximum absolute atomic E-state index is 11.8. The highest BCUT2D eigenvalue weighted by molar-refractivity contribution is 5.84. The maximum atomic E-state index is 11.8. The second kappa shape index (κ2) is 11.1. The van der Waals surface area contributed by atoms with Crippen LogP contribution in [0.1, 0.15) is 13.3 Å². The van der Waals surface area contributed by atoms with Crippen molar-refractivity contribution in [3.63, 3.8) is 0 Å². The van der Waals surface area contributed by atoms with Gasteiger partial charge in [0.05, 0.1) is 18.8 Å². The number of amides is 4. The molecule has 0 rings (SSSR count). The van der Waals surface area contributed by atoms with E-state index in [4.69, 9.17) is 21.7 Å². The van der Waals surface area contributed by atoms with Gasteiger partial charge in [0.25, 0.3) is 5.91 Å². The van der Waals surface area contributed by atoms with Crippen LogP contribution in [0.3, 0.4) is 0 Å². The van der Waals surface area contributed by atoms with Gasteiger partial charge in [-0.15, -0.1) is 0 Å². The summed E-state index contributed by atoms with van der Waals surface area (Å²) in [5.41, 5.74) is 14.9. The number of carboxylic acid groups (broad SMARTS) is 1. The first kappa shape index (κ1) is 22.5. The van der Waals surface area contributed by atoms with Crippen LogP contribution in [0.15, 0.2) is 0 Å². The Kier molecular flexibility index (Phi) is 10.0. The molecule has 4 amide bonds. The van der Waals surface area contributed by atoms with Crippen molar-refractivity contribution >= 4 is 23.8 Å². The lowest BCUT2D eigenvalue weighted by molar-refractivity contribution is -0.141. The number of nitrogens with one attached hydrogen (secondary N) is 4. The highest BCUT2D eigenvalue weighted by Crippen LogP contribution is 1.95. The molecule has 4 unspecified atom stereocenters. The molecule has 144 valence electrons. The minimum Gasteiger partial charge on any atom is -0.480 e. The number of carbonyl (C=O) groups is 4. The quantitative estimate of drug-likeness (QED) is 0.160. The number of nitrogens with two attached hydrogens (primary N) is 2. The van der Waals surface area contributed by atoms with Crippen molar-refractivity contribution in [1.82, 2.24) is 21.5 Å². The SMILES string of the molecule is CC(O)C(NC(=O)NC(CNNC(=O)C(N)CO)CC(N)=O)C(=O)O. The van der Waals surface area contributed by atoms with Crippen LogP contribution in [-0.2, 0) is 14.4 Å². The van der Waals surface area contributed by atoms with Gasteiger partial charge in [-0.1, -0.05) is 0 Å². The summed E-state index contributed by atoms with van der Waals surface area (Å²) in [6, 6.07) is -4.56. The van der Waals surface area contributed by atoms with E-state index in [1.807, 2.05) is 5.32 Å². The van der Waals surface area contributed by atoms with Gasteiger partial charge in [0.1, 0.15) is 6.04 Å². The van der Waals surface area contributed by atoms with Gasteiger partial charge in [0.15, 0.2) is 6.04 Å². The summed E-state index contributed by atoms with van der Waals surface area (Å²) >= 11 is 0. The molecule has 0 bridgehead atoms. The molecule has 0 aliphatic heterocycles. The zero-order chi connectivity index (χ0) is 19.6. The summed E-state index contributed by atoms with van der Waals surface area (Å²) in [5.74, 6) is -2.92. The topological polar surface area (TPSA) is 229 Å². The van der Waals surface area contributed by atoms with E-state index in [0.717, 1.165) is 0 Å². The summed E-state index contributed by atoms with van der Waals surface area (Å²) in [4.78, 5) is 45.1. The van der Waals surface area contributed by atoms with Crippen LogP contribution in [0.25, 0.3) is 0 Å². The minimum atomic E-state index is -1.55. The van der Waals surface area contributed by atoms with E-state index in [0.29, 0.717) is 0 Å². The molecule has 0 saturated heterocycles. The van der Waals surface area contributed by atoms with Crippen molar-refractivity contribution in [3.05, 3.63) is 0 Å². The highest BCUT2D eigenvalue weighted by Gasteiger charge is 2.26. The highest BCUT2D eigenvalue weighted by atomic mass is 16.4. The Morgan fingerprint density at radius 3 is 2.20 bits per heavy atom. The molecule has 25 heavy (non-hydrogen) atoms. The average molecular weight is 364 g/mol. The fourth-order valence-electron chi connectivity index (χ4n) is 1.61. The number of urea groups is 1. The molecule has 0 radical (unpaired) electrons. The zero-order valence-corrected chi connectivity index (χ0v) is 13.6. The number of aliphatic hydroxyl groups is 2. The van der Waals surface area contributed by atoms with Crippen molar-refractivity contribution in [3.8, 4) is 0 Å². The molecule has 13 heteroatoms. The molecule has 0 aromatic rings. The first-order valence-corrected chi connectivity index (χ1v) is 7.23. The molecule has 0 aromatic carbocycles. The summed E-state index contributed by atoms with van der Waals surface area (Å²) in [6.45, 7) is 0.461. The van der Waals surface area contributed by atoms with E-state index in [1.165, 1.54) is 6.92 Å². The fourth-order valence-corrected chi connectivity index (χ4v) is 1.61. The Balaban J connectivity index is 4.61. The van der Waals surface area contributed by atoms with E-state index in [1.54, 1.807) is 0 Å². The molecule has 0 heterocycles. The summed E-state index contributed by atoms with van der Waals surface area (Å²) in [7, 11) is 0. The van der Waals surface area contributed by atoms with Gasteiger partial charge >= 0.3 is 12.0 Å². The lowest BCUT2D eigenvalue weighted by atomic mass is 10.2. The van der Waals surface area contributed by atoms with Crippen LogP contribution in [-0.4, -0.2) is 76.5 Å². The van der Waals surface area contributed by atoms with Crippen LogP contribution in [0.4, 0.5) is 4.79 Å². The summed E-state index contributed by atoms with van der Waals surface area (Å²) in [5, 5.41) is 31.2. The van der Waals surface area contributed by atoms with Crippen molar-refractivity contribution in [1.29, 1.82) is 0 Å². The lowest BCUT2D eigenvalue weighted by Crippen LogP contribution is -2.57. The first-order valence-electron chi connectivity index (χ1n) is 7.23. The Labute approximate surface area is 143 Å². The van der Waals surface area contributed by atoms with E-state index in [-0.39, 0.29) is 13.0 Å². The Hall–Kier alpha value is -2.48. The molecule has 0 spiro atoms. The normalized spacial score (nSPS) is 15.4. The maximum Gasteiger partial charge on any atom is 0.328 e. The molecule has 0 aliphatic carbocycles. The second-order valence-electron chi connectivity index (χ2n) is 5.20. The third-order valence-corrected chi connectivity index (χ3v) is 2.91. The van der Waals surface area contributed by atoms with Crippen LogP contribution in [0, 0.1) is 0 Å². The van der Waals surface area contributed by atoms with Gasteiger partial charge in [-0.25, -0.2) is 15.0 Å². The Bertz CT molecular complexity index is 487. The van der Waals surface area contributed by atoms with Gasteiger partial charge in [-0.3, -0.25) is 15.0 Å². The molecule has 0 aliphatic rings. The van der Waals surface area contributed by atoms with Gasteiger partial charge < -0.3 is 37.4 Å². The molecule has 0 saturated carbocycles. The van der Waals surface area contributed by atoms with Crippen LogP contribution >= 0.6 is 0 Å². The van der Waals surface area contributed by atoms with Crippen molar-refractivity contribution in [2.45, 2.75) is 37.6 Å². The van der Waals surface area contributed by atoms with Crippen LogP contribution in [0.5, 0.6) is 0 Å². The van der Waals surface area contributed by atoms with Gasteiger partial charge in [-0.05, 0) is 6.92 Å². The lowest BCUT2D eigenvalue weighted by Gasteiger charge is -2.22. The molecular weight excluding hydrogens is 340 g/mol. The van der Waals surface area contributed by atoms with Crippen molar-refractivity contribution in [2.24, 2.45) is 11.5 Å². The van der Waals surface area contributed by atoms with E-state index < -0.39 is 54.7 Å². The number of aliphatic hydroxyl groups excluding tert-OH is 2. The van der Waals surface area contributed by atoms with E-state index in [2.05, 4.69) is 16.2 Å². The smallest absolute Gasteiger partial charge is 0.328 e. The third kappa shape index (κ3) is 9.41. The van der Waals surface area contributed by atoms with E-state index in [9.17, 15) is 24.3 Å². The van der Waals surface area contributed by atoms with Crippen molar-refractivity contribution < 1.29 is 34.5 Å². The van der Waals surface area contributed by atoms with Crippen LogP contribution in [0.2, 0.25) is 0 Å². The predicted octanol–water partition coefficient (Wildman–Crippen LogP) is -4.70. The Morgan fingerprint density at radius 1 is 1.16 bits per heavy atom. The molecule has 0 fully saturated rings. The number of primary amides is 1. The van der Waals surface area contributed by atoms with Gasteiger partial charge in [0, 0.05) is 13.0 Å². The number of hydrogen-bond acceptors (Lipinski definition) is 8. The average Bonchev–Trinajstić information content (AvgIpc) is 2.50. The summed E-state index contributed by atoms with van der Waals surface area (Å²) < 4.78 is 0. The number of hydrazine groups is 1. The van der Waals surface area contributed by atoms with E-state index >= 15 is 0 Å². The molecule has 11 N–H and O–H groups in total. The first-order chi connectivity index (χ1) is 11.6. The number of rotatable bonds is 11. The number of carboxylic acids is 1. The van der Waals surface area contributed by atoms with Gasteiger partial charge in [-0.2, -0.15) is 0 Å². The summed E-state index contributed by atoms with van der Waals surface area (Å²) in [6.07, 6.45) is -1.66. The predicted molar refractivity (Wildman–Crippen MR) is 83.6 cm³/mol. The van der Waals surface area contributed by atoms with Crippen molar-refractivity contribution in [2.75, 3.05) is 13.2 Å². The monoisotopic (exact) mass is 364 g/mol. The molecular formula is C12H24N6O7. The molecule has 4 atom stereocenters. The standard InChI is InChI=1S/C12H24N6O7/c1-5(20)9(11(23)24)17-12(25)16-6(2-8(14)21)3-15-18-10(22)7(13)4-19/h5-7,9,15,19-20H,2-4,13H2,1H3,(H2,14,21)(H,18,22)(H,23,24)(H2,16,17,25). The van der Waals surface area contributed by atoms with Crippen LogP contribution < -0.4 is 33.0 Å². The third-order valence-electron chi connectivity index (χ3n) is 2.91. The largest absolute Gasteiger partial charge is 0.480 e. The molecule has 13 nitrogen and oxygen atoms in total. The number of aliphatic carboxylic acids is 1. The van der Waals surface area contributed by atoms with Gasteiger partial charge in [0.2, 0.25) is 5.91 Å². The molecule has 0 aromatic heterocycles.